The van der Waals surface area contributed by atoms with Crippen molar-refractivity contribution >= 4 is 11.9 Å². The van der Waals surface area contributed by atoms with Crippen molar-refractivity contribution in [3.8, 4) is 11.5 Å². The molecule has 11 heteroatoms. The van der Waals surface area contributed by atoms with Crippen LogP contribution in [0.3, 0.4) is 0 Å². The number of hydrogen-bond donors (Lipinski definition) is 1. The highest BCUT2D eigenvalue weighted by Gasteiger charge is 2.37. The summed E-state index contributed by atoms with van der Waals surface area (Å²) < 4.78 is 86.5. The maximum atomic E-state index is 13.7. The Kier molecular flexibility index (Phi) is 10.8. The number of carboxylic acids is 1. The van der Waals surface area contributed by atoms with Crippen molar-refractivity contribution in [2.45, 2.75) is 45.0 Å². The van der Waals surface area contributed by atoms with Crippen molar-refractivity contribution in [1.82, 2.24) is 4.90 Å². The number of ether oxygens (including phenoxy) is 1. The molecule has 46 heavy (non-hydrogen) atoms. The summed E-state index contributed by atoms with van der Waals surface area (Å²) >= 11 is 0. The van der Waals surface area contributed by atoms with Crippen molar-refractivity contribution in [3.63, 3.8) is 0 Å². The number of halogens is 6. The van der Waals surface area contributed by atoms with E-state index >= 15 is 0 Å². The number of hydrogen-bond acceptors (Lipinski definition) is 3. The maximum absolute atomic E-state index is 13.7. The number of rotatable bonds is 12. The van der Waals surface area contributed by atoms with Crippen LogP contribution in [0, 0.1) is 6.92 Å². The quantitative estimate of drug-likeness (QED) is 0.157. The topological polar surface area (TPSA) is 66.8 Å². The van der Waals surface area contributed by atoms with Gasteiger partial charge in [0.15, 0.2) is 0 Å². The summed E-state index contributed by atoms with van der Waals surface area (Å²) in [6.45, 7) is 1.86. The van der Waals surface area contributed by atoms with Gasteiger partial charge in [-0.15, -0.1) is 0 Å². The maximum Gasteiger partial charge on any atom is 0.416 e. The molecule has 4 rings (SSSR count). The smallest absolute Gasteiger partial charge is 0.416 e. The predicted molar refractivity (Wildman–Crippen MR) is 160 cm³/mol. The molecule has 4 aromatic rings. The van der Waals surface area contributed by atoms with Crippen LogP contribution in [0.1, 0.15) is 50.2 Å². The molecular formula is C35H31F6NO4. The average Bonchev–Trinajstić information content (AvgIpc) is 3.00. The number of nitrogens with zero attached hydrogens (tertiary/aromatic N) is 1. The molecule has 4 aromatic carbocycles. The molecule has 1 N–H and O–H groups in total. The first-order valence-corrected chi connectivity index (χ1v) is 14.4. The number of carboxylic acid groups (broad SMARTS) is 1. The van der Waals surface area contributed by atoms with Crippen LogP contribution in [0.15, 0.2) is 91.0 Å². The lowest BCUT2D eigenvalue weighted by molar-refractivity contribution is -0.143. The van der Waals surface area contributed by atoms with Crippen LogP contribution in [0.2, 0.25) is 0 Å². The fraction of sp³-hybridized carbons (Fsp3) is 0.257. The van der Waals surface area contributed by atoms with E-state index in [1.807, 2.05) is 37.3 Å². The fourth-order valence-corrected chi connectivity index (χ4v) is 4.92. The highest BCUT2D eigenvalue weighted by Crippen LogP contribution is 2.36. The van der Waals surface area contributed by atoms with E-state index < -0.39 is 35.4 Å². The van der Waals surface area contributed by atoms with E-state index in [9.17, 15) is 35.9 Å². The Morgan fingerprint density at radius 2 is 1.30 bits per heavy atom. The fourth-order valence-electron chi connectivity index (χ4n) is 4.92. The molecule has 0 aliphatic carbocycles. The summed E-state index contributed by atoms with van der Waals surface area (Å²) in [5.41, 5.74) is -0.196. The molecular weight excluding hydrogens is 612 g/mol. The summed E-state index contributed by atoms with van der Waals surface area (Å²) in [6, 6.07) is 22.1. The van der Waals surface area contributed by atoms with Crippen LogP contribution in [-0.4, -0.2) is 35.0 Å². The number of benzene rings is 4. The van der Waals surface area contributed by atoms with E-state index in [4.69, 9.17) is 9.84 Å². The molecule has 0 bridgehead atoms. The van der Waals surface area contributed by atoms with E-state index in [-0.39, 0.29) is 43.1 Å². The van der Waals surface area contributed by atoms with Crippen LogP contribution >= 0.6 is 0 Å². The van der Waals surface area contributed by atoms with Gasteiger partial charge in [0.2, 0.25) is 0 Å². The van der Waals surface area contributed by atoms with Gasteiger partial charge >= 0.3 is 18.3 Å². The van der Waals surface area contributed by atoms with Crippen LogP contribution in [0.25, 0.3) is 0 Å². The van der Waals surface area contributed by atoms with Crippen molar-refractivity contribution in [2.75, 3.05) is 13.1 Å². The first-order chi connectivity index (χ1) is 21.7. The van der Waals surface area contributed by atoms with Gasteiger partial charge in [-0.1, -0.05) is 42.5 Å². The van der Waals surface area contributed by atoms with Gasteiger partial charge in [-0.2, -0.15) is 26.3 Å². The van der Waals surface area contributed by atoms with Crippen LogP contribution in [-0.2, 0) is 36.4 Å². The lowest BCUT2D eigenvalue weighted by atomic mass is 10.0. The third-order valence-electron chi connectivity index (χ3n) is 7.36. The second-order valence-electron chi connectivity index (χ2n) is 10.8. The third kappa shape index (κ3) is 9.60. The molecule has 1 amide bonds. The van der Waals surface area contributed by atoms with E-state index in [0.29, 0.717) is 36.5 Å². The Bertz CT molecular complexity index is 1640. The van der Waals surface area contributed by atoms with E-state index in [2.05, 4.69) is 0 Å². The molecule has 0 aliphatic heterocycles. The number of aliphatic carboxylic acids is 1. The molecule has 0 aromatic heterocycles. The van der Waals surface area contributed by atoms with Crippen molar-refractivity contribution in [2.24, 2.45) is 0 Å². The molecule has 0 unspecified atom stereocenters. The normalized spacial score (nSPS) is 11.7. The summed E-state index contributed by atoms with van der Waals surface area (Å²) in [4.78, 5) is 26.1. The second kappa shape index (κ2) is 14.5. The molecule has 0 spiro atoms. The summed E-state index contributed by atoms with van der Waals surface area (Å²) in [6.07, 6.45) is -9.43. The lowest BCUT2D eigenvalue weighted by Crippen LogP contribution is -2.35. The van der Waals surface area contributed by atoms with Crippen LogP contribution < -0.4 is 4.74 Å². The Balaban J connectivity index is 1.56. The van der Waals surface area contributed by atoms with Crippen molar-refractivity contribution in [3.05, 3.63) is 130 Å². The predicted octanol–water partition coefficient (Wildman–Crippen LogP) is 8.77. The first-order valence-electron chi connectivity index (χ1n) is 14.4. The van der Waals surface area contributed by atoms with Crippen molar-refractivity contribution in [1.29, 1.82) is 0 Å². The van der Waals surface area contributed by atoms with Gasteiger partial charge in [-0.05, 0) is 97.0 Å². The van der Waals surface area contributed by atoms with Crippen LogP contribution in [0.5, 0.6) is 11.5 Å². The molecule has 0 heterocycles. The summed E-state index contributed by atoms with van der Waals surface area (Å²) in [5.74, 6) is -0.573. The third-order valence-corrected chi connectivity index (χ3v) is 7.36. The largest absolute Gasteiger partial charge is 0.481 e. The summed E-state index contributed by atoms with van der Waals surface area (Å²) in [7, 11) is 0. The average molecular weight is 644 g/mol. The molecule has 5 nitrogen and oxygen atoms in total. The first kappa shape index (κ1) is 34.1. The molecule has 0 aliphatic rings. The molecule has 242 valence electrons. The van der Waals surface area contributed by atoms with Gasteiger partial charge in [-0.25, -0.2) is 0 Å². The van der Waals surface area contributed by atoms with Gasteiger partial charge < -0.3 is 14.7 Å². The Morgan fingerprint density at radius 3 is 1.89 bits per heavy atom. The van der Waals surface area contributed by atoms with E-state index in [1.54, 1.807) is 36.4 Å². The highest BCUT2D eigenvalue weighted by atomic mass is 19.4. The standard InChI is InChI=1S/C35H31F6NO4/c1-23-18-31(12-10-26(23)11-13-32(43)44)46-30-9-5-8-27(21-30)33(45)42(16-14-24-6-3-2-4-7-24)17-15-25-19-28(34(36,37)38)22-29(20-25)35(39,40)41/h2-10,12,18-22H,11,13-17H2,1H3,(H,43,44). The minimum Gasteiger partial charge on any atom is -0.481 e. The van der Waals surface area contributed by atoms with Gasteiger partial charge in [-0.3, -0.25) is 9.59 Å². The Labute approximate surface area is 262 Å². The van der Waals surface area contributed by atoms with Crippen LogP contribution in [0.4, 0.5) is 26.3 Å². The van der Waals surface area contributed by atoms with E-state index in [1.165, 1.54) is 11.0 Å². The molecule has 0 radical (unpaired) electrons. The Morgan fingerprint density at radius 1 is 0.696 bits per heavy atom. The number of alkyl halides is 6. The summed E-state index contributed by atoms with van der Waals surface area (Å²) in [5, 5.41) is 8.95. The van der Waals surface area contributed by atoms with Gasteiger partial charge in [0.1, 0.15) is 11.5 Å². The number of amides is 1. The number of carbonyl (C=O) groups is 2. The van der Waals surface area contributed by atoms with Gasteiger partial charge in [0, 0.05) is 25.1 Å². The lowest BCUT2D eigenvalue weighted by Gasteiger charge is -2.24. The molecule has 0 saturated heterocycles. The zero-order valence-corrected chi connectivity index (χ0v) is 24.8. The molecule has 0 saturated carbocycles. The minimum atomic E-state index is -4.98. The molecule has 0 atom stereocenters. The SMILES string of the molecule is Cc1cc(Oc2cccc(C(=O)N(CCc3ccccc3)CCc3cc(C(F)(F)F)cc(C(F)(F)F)c3)c2)ccc1CCC(=O)O. The monoisotopic (exact) mass is 643 g/mol. The second-order valence-corrected chi connectivity index (χ2v) is 10.8. The molecule has 0 fully saturated rings. The van der Waals surface area contributed by atoms with Gasteiger partial charge in [0.05, 0.1) is 11.1 Å². The zero-order valence-electron chi connectivity index (χ0n) is 24.8. The minimum absolute atomic E-state index is 0.0107. The Hall–Kier alpha value is -4.80. The number of aryl methyl sites for hydroxylation is 2. The van der Waals surface area contributed by atoms with E-state index in [0.717, 1.165) is 16.7 Å². The highest BCUT2D eigenvalue weighted by molar-refractivity contribution is 5.94. The van der Waals surface area contributed by atoms with Gasteiger partial charge in [0.25, 0.3) is 5.91 Å². The number of carbonyl (C=O) groups excluding carboxylic acids is 1. The van der Waals surface area contributed by atoms with Crippen molar-refractivity contribution < 1.29 is 45.8 Å². The zero-order chi connectivity index (χ0) is 33.5.